The molecule has 0 radical (unpaired) electrons. The number of alkyl halides is 3. The Balaban J connectivity index is 1.77. The van der Waals surface area contributed by atoms with Crippen molar-refractivity contribution in [3.63, 3.8) is 0 Å². The lowest BCUT2D eigenvalue weighted by Crippen LogP contribution is -2.42. The van der Waals surface area contributed by atoms with E-state index >= 15 is 0 Å². The van der Waals surface area contributed by atoms with E-state index in [-0.39, 0.29) is 5.56 Å². The maximum Gasteiger partial charge on any atom is 0.416 e. The average molecular weight is 413 g/mol. The second-order valence-electron chi connectivity index (χ2n) is 6.90. The molecule has 1 amide bonds. The summed E-state index contributed by atoms with van der Waals surface area (Å²) in [5.74, 6) is 0.284. The molecular formula is C20H30F3N5O. The van der Waals surface area contributed by atoms with Crippen LogP contribution in [0.1, 0.15) is 42.6 Å². The minimum absolute atomic E-state index is 0.194. The number of benzene rings is 1. The zero-order valence-corrected chi connectivity index (χ0v) is 17.0. The highest BCUT2D eigenvalue weighted by molar-refractivity contribution is 5.94. The summed E-state index contributed by atoms with van der Waals surface area (Å²) in [6, 6.07) is 4.64. The monoisotopic (exact) mass is 413 g/mol. The summed E-state index contributed by atoms with van der Waals surface area (Å²) in [5, 5.41) is 9.05. The van der Waals surface area contributed by atoms with Crippen LogP contribution in [0.2, 0.25) is 0 Å². The Labute approximate surface area is 169 Å². The molecular weight excluding hydrogens is 383 g/mol. The lowest BCUT2D eigenvalue weighted by atomic mass is 10.1. The largest absolute Gasteiger partial charge is 0.416 e. The minimum Gasteiger partial charge on any atom is -0.357 e. The molecule has 1 aliphatic heterocycles. The zero-order valence-electron chi connectivity index (χ0n) is 17.0. The highest BCUT2D eigenvalue weighted by Crippen LogP contribution is 2.29. The Morgan fingerprint density at radius 3 is 2.45 bits per heavy atom. The normalized spacial score (nSPS) is 18.0. The predicted molar refractivity (Wildman–Crippen MR) is 108 cm³/mol. The van der Waals surface area contributed by atoms with E-state index in [4.69, 9.17) is 0 Å². The van der Waals surface area contributed by atoms with Gasteiger partial charge in [0.2, 0.25) is 0 Å². The molecule has 0 saturated carbocycles. The van der Waals surface area contributed by atoms with Crippen LogP contribution in [0.15, 0.2) is 29.3 Å². The van der Waals surface area contributed by atoms with Crippen LogP contribution < -0.4 is 16.0 Å². The molecule has 1 atom stereocenters. The van der Waals surface area contributed by atoms with Gasteiger partial charge in [-0.15, -0.1) is 0 Å². The summed E-state index contributed by atoms with van der Waals surface area (Å²) in [5.41, 5.74) is -0.578. The van der Waals surface area contributed by atoms with Gasteiger partial charge < -0.3 is 16.0 Å². The predicted octanol–water partition coefficient (Wildman–Crippen LogP) is 2.47. The topological polar surface area (TPSA) is 68.8 Å². The van der Waals surface area contributed by atoms with Crippen molar-refractivity contribution < 1.29 is 18.0 Å². The Kier molecular flexibility index (Phi) is 8.75. The van der Waals surface area contributed by atoms with Crippen molar-refractivity contribution in [1.29, 1.82) is 0 Å². The van der Waals surface area contributed by atoms with Gasteiger partial charge in [0.15, 0.2) is 5.96 Å². The lowest BCUT2D eigenvalue weighted by molar-refractivity contribution is -0.137. The smallest absolute Gasteiger partial charge is 0.357 e. The van der Waals surface area contributed by atoms with Crippen molar-refractivity contribution in [1.82, 2.24) is 20.9 Å². The van der Waals surface area contributed by atoms with Crippen molar-refractivity contribution in [3.8, 4) is 0 Å². The highest BCUT2D eigenvalue weighted by atomic mass is 19.4. The summed E-state index contributed by atoms with van der Waals surface area (Å²) < 4.78 is 37.7. The van der Waals surface area contributed by atoms with Gasteiger partial charge in [0.25, 0.3) is 5.91 Å². The van der Waals surface area contributed by atoms with Crippen molar-refractivity contribution >= 4 is 11.9 Å². The Hall–Kier alpha value is -2.29. The minimum atomic E-state index is -4.41. The molecule has 0 spiro atoms. The molecule has 1 heterocycles. The molecule has 0 aliphatic carbocycles. The van der Waals surface area contributed by atoms with E-state index in [2.05, 4.69) is 32.8 Å². The van der Waals surface area contributed by atoms with Crippen LogP contribution in [-0.2, 0) is 6.18 Å². The van der Waals surface area contributed by atoms with Crippen LogP contribution in [0.3, 0.4) is 0 Å². The van der Waals surface area contributed by atoms with Gasteiger partial charge in [0, 0.05) is 31.2 Å². The molecule has 9 heteroatoms. The number of guanidine groups is 1. The van der Waals surface area contributed by atoms with Gasteiger partial charge >= 0.3 is 6.18 Å². The van der Waals surface area contributed by atoms with E-state index in [0.717, 1.165) is 44.7 Å². The molecule has 1 unspecified atom stereocenters. The SMILES string of the molecule is CCNC(=NCC1CCCN1CC)NCCNC(=O)c1ccc(C(F)(F)F)cc1. The molecule has 1 aromatic carbocycles. The van der Waals surface area contributed by atoms with Gasteiger partial charge in [-0.3, -0.25) is 14.7 Å². The molecule has 162 valence electrons. The van der Waals surface area contributed by atoms with Crippen molar-refractivity contribution in [3.05, 3.63) is 35.4 Å². The Bertz CT molecular complexity index is 676. The average Bonchev–Trinajstić information content (AvgIpc) is 3.16. The number of hydrogen-bond acceptors (Lipinski definition) is 3. The number of nitrogens with zero attached hydrogens (tertiary/aromatic N) is 2. The van der Waals surface area contributed by atoms with Crippen LogP contribution in [-0.4, -0.2) is 62.1 Å². The first kappa shape index (κ1) is 23.0. The Morgan fingerprint density at radius 1 is 1.14 bits per heavy atom. The van der Waals surface area contributed by atoms with E-state index in [1.54, 1.807) is 0 Å². The third-order valence-electron chi connectivity index (χ3n) is 4.89. The molecule has 0 aromatic heterocycles. The molecule has 2 rings (SSSR count). The van der Waals surface area contributed by atoms with E-state index < -0.39 is 17.6 Å². The quantitative estimate of drug-likeness (QED) is 0.348. The summed E-state index contributed by atoms with van der Waals surface area (Å²) >= 11 is 0. The fourth-order valence-electron chi connectivity index (χ4n) is 3.33. The molecule has 0 bridgehead atoms. The van der Waals surface area contributed by atoms with Crippen LogP contribution in [0.4, 0.5) is 13.2 Å². The number of likely N-dealkylation sites (N-methyl/N-ethyl adjacent to an activating group) is 1. The van der Waals surface area contributed by atoms with Gasteiger partial charge in [-0.1, -0.05) is 6.92 Å². The first-order chi connectivity index (χ1) is 13.8. The first-order valence-electron chi connectivity index (χ1n) is 10.1. The van der Waals surface area contributed by atoms with Crippen LogP contribution in [0.5, 0.6) is 0 Å². The number of likely N-dealkylation sites (tertiary alicyclic amines) is 1. The van der Waals surface area contributed by atoms with E-state index in [0.29, 0.717) is 25.1 Å². The number of aliphatic imine (C=N–C) groups is 1. The summed E-state index contributed by atoms with van der Waals surface area (Å²) in [7, 11) is 0. The van der Waals surface area contributed by atoms with Crippen molar-refractivity contribution in [2.45, 2.75) is 38.9 Å². The molecule has 3 N–H and O–H groups in total. The lowest BCUT2D eigenvalue weighted by Gasteiger charge is -2.21. The van der Waals surface area contributed by atoms with Crippen LogP contribution in [0, 0.1) is 0 Å². The molecule has 1 aliphatic rings. The molecule has 6 nitrogen and oxygen atoms in total. The molecule has 29 heavy (non-hydrogen) atoms. The number of nitrogens with one attached hydrogen (secondary N) is 3. The highest BCUT2D eigenvalue weighted by Gasteiger charge is 2.30. The fraction of sp³-hybridized carbons (Fsp3) is 0.600. The standard InChI is InChI=1S/C20H30F3N5O/c1-3-24-19(27-14-17-6-5-13-28(17)4-2)26-12-11-25-18(29)15-7-9-16(10-8-15)20(21,22)23/h7-10,17H,3-6,11-14H2,1-2H3,(H,25,29)(H2,24,26,27). The van der Waals surface area contributed by atoms with Gasteiger partial charge in [-0.2, -0.15) is 13.2 Å². The number of carbonyl (C=O) groups excluding carboxylic acids is 1. The van der Waals surface area contributed by atoms with E-state index in [1.807, 2.05) is 6.92 Å². The second-order valence-corrected chi connectivity index (χ2v) is 6.90. The van der Waals surface area contributed by atoms with Gasteiger partial charge in [0.05, 0.1) is 12.1 Å². The summed E-state index contributed by atoms with van der Waals surface area (Å²) in [4.78, 5) is 19.1. The molecule has 1 saturated heterocycles. The maximum atomic E-state index is 12.6. The maximum absolute atomic E-state index is 12.6. The third kappa shape index (κ3) is 7.23. The number of rotatable bonds is 8. The zero-order chi connectivity index (χ0) is 21.3. The summed E-state index contributed by atoms with van der Waals surface area (Å²) in [6.45, 7) is 8.53. The van der Waals surface area contributed by atoms with E-state index in [9.17, 15) is 18.0 Å². The first-order valence-corrected chi connectivity index (χ1v) is 10.1. The fourth-order valence-corrected chi connectivity index (χ4v) is 3.33. The van der Waals surface area contributed by atoms with Gasteiger partial charge in [-0.05, 0) is 57.1 Å². The molecule has 1 aromatic rings. The number of amides is 1. The summed E-state index contributed by atoms with van der Waals surface area (Å²) in [6.07, 6.45) is -2.05. The number of halogens is 3. The Morgan fingerprint density at radius 2 is 1.83 bits per heavy atom. The van der Waals surface area contributed by atoms with Crippen LogP contribution in [0.25, 0.3) is 0 Å². The third-order valence-corrected chi connectivity index (χ3v) is 4.89. The van der Waals surface area contributed by atoms with E-state index in [1.165, 1.54) is 18.6 Å². The second kappa shape index (κ2) is 11.0. The van der Waals surface area contributed by atoms with Gasteiger partial charge in [0.1, 0.15) is 0 Å². The van der Waals surface area contributed by atoms with Crippen molar-refractivity contribution in [2.75, 3.05) is 39.3 Å². The van der Waals surface area contributed by atoms with Crippen molar-refractivity contribution in [2.24, 2.45) is 4.99 Å². The number of carbonyl (C=O) groups is 1. The van der Waals surface area contributed by atoms with Gasteiger partial charge in [-0.25, -0.2) is 0 Å². The van der Waals surface area contributed by atoms with Crippen LogP contribution >= 0.6 is 0 Å². The molecule has 1 fully saturated rings. The number of hydrogen-bond donors (Lipinski definition) is 3.